The maximum absolute atomic E-state index is 9.39. The van der Waals surface area contributed by atoms with E-state index in [4.69, 9.17) is 4.74 Å². The largest absolute Gasteiger partial charge is 0.487 e. The van der Waals surface area contributed by atoms with E-state index in [1.54, 1.807) is 0 Å². The van der Waals surface area contributed by atoms with Crippen molar-refractivity contribution < 1.29 is 9.84 Å². The number of benzene rings is 1. The maximum Gasteiger partial charge on any atom is 0.130 e. The molecule has 1 aromatic heterocycles. The Morgan fingerprint density at radius 3 is 2.74 bits per heavy atom. The minimum absolute atomic E-state index is 0.0448. The minimum Gasteiger partial charge on any atom is -0.487 e. The first-order valence-corrected chi connectivity index (χ1v) is 6.84. The van der Waals surface area contributed by atoms with Crippen LogP contribution in [-0.4, -0.2) is 10.1 Å². The average Bonchev–Trinajstić information content (AvgIpc) is 2.37. The molecule has 2 aromatic rings. The van der Waals surface area contributed by atoms with E-state index in [9.17, 15) is 5.11 Å². The van der Waals surface area contributed by atoms with Gasteiger partial charge in [-0.1, -0.05) is 22.0 Å². The van der Waals surface area contributed by atoms with Crippen molar-refractivity contribution in [3.63, 3.8) is 0 Å². The summed E-state index contributed by atoms with van der Waals surface area (Å²) >= 11 is 3.41. The van der Waals surface area contributed by atoms with Crippen LogP contribution in [-0.2, 0) is 13.2 Å². The molecule has 0 spiro atoms. The van der Waals surface area contributed by atoms with Crippen LogP contribution < -0.4 is 4.74 Å². The van der Waals surface area contributed by atoms with E-state index in [1.807, 2.05) is 44.2 Å². The summed E-state index contributed by atoms with van der Waals surface area (Å²) in [6, 6.07) is 9.68. The molecular weight excluding hydrogens is 306 g/mol. The number of rotatable bonds is 4. The Morgan fingerprint density at radius 2 is 2.05 bits per heavy atom. The van der Waals surface area contributed by atoms with Crippen LogP contribution in [0.5, 0.6) is 5.75 Å². The van der Waals surface area contributed by atoms with Gasteiger partial charge in [0.2, 0.25) is 0 Å². The average molecular weight is 322 g/mol. The third-order valence-electron chi connectivity index (χ3n) is 2.80. The van der Waals surface area contributed by atoms with Crippen molar-refractivity contribution in [2.45, 2.75) is 27.1 Å². The Morgan fingerprint density at radius 1 is 1.26 bits per heavy atom. The molecule has 1 N–H and O–H groups in total. The molecule has 0 unspecified atom stereocenters. The van der Waals surface area contributed by atoms with Crippen LogP contribution >= 0.6 is 15.9 Å². The first kappa shape index (κ1) is 14.0. The fourth-order valence-corrected chi connectivity index (χ4v) is 2.57. The number of hydrogen-bond acceptors (Lipinski definition) is 3. The summed E-state index contributed by atoms with van der Waals surface area (Å²) in [5.74, 6) is 0.731. The monoisotopic (exact) mass is 321 g/mol. The van der Waals surface area contributed by atoms with Crippen LogP contribution in [0.4, 0.5) is 0 Å². The van der Waals surface area contributed by atoms with Gasteiger partial charge in [-0.25, -0.2) is 0 Å². The molecule has 19 heavy (non-hydrogen) atoms. The number of aryl methyl sites for hydroxylation is 2. The zero-order chi connectivity index (χ0) is 13.8. The van der Waals surface area contributed by atoms with Gasteiger partial charge in [0.15, 0.2) is 0 Å². The lowest BCUT2D eigenvalue weighted by Gasteiger charge is -2.13. The summed E-state index contributed by atoms with van der Waals surface area (Å²) in [7, 11) is 0. The van der Waals surface area contributed by atoms with E-state index < -0.39 is 0 Å². The van der Waals surface area contributed by atoms with Crippen LogP contribution in [0.2, 0.25) is 0 Å². The number of halogens is 1. The van der Waals surface area contributed by atoms with Crippen molar-refractivity contribution in [3.8, 4) is 5.75 Å². The van der Waals surface area contributed by atoms with Gasteiger partial charge in [-0.3, -0.25) is 4.98 Å². The molecule has 0 saturated carbocycles. The highest BCUT2D eigenvalue weighted by molar-refractivity contribution is 9.10. The third-order valence-corrected chi connectivity index (χ3v) is 3.25. The normalized spacial score (nSPS) is 10.5. The smallest absolute Gasteiger partial charge is 0.130 e. The molecule has 1 aromatic carbocycles. The first-order chi connectivity index (χ1) is 9.10. The lowest BCUT2D eigenvalue weighted by atomic mass is 10.1. The zero-order valence-corrected chi connectivity index (χ0v) is 12.6. The number of aliphatic hydroxyl groups is 1. The van der Waals surface area contributed by atoms with Gasteiger partial charge in [0.05, 0.1) is 12.3 Å². The van der Waals surface area contributed by atoms with Gasteiger partial charge in [-0.15, -0.1) is 0 Å². The molecule has 3 nitrogen and oxygen atoms in total. The summed E-state index contributed by atoms with van der Waals surface area (Å²) in [6.07, 6.45) is 0. The number of nitrogens with zero attached hydrogens (tertiary/aromatic N) is 1. The maximum atomic E-state index is 9.39. The summed E-state index contributed by atoms with van der Waals surface area (Å²) in [6.45, 7) is 4.27. The van der Waals surface area contributed by atoms with Gasteiger partial charge in [0.1, 0.15) is 12.4 Å². The number of pyridine rings is 1. The van der Waals surface area contributed by atoms with Crippen molar-refractivity contribution in [3.05, 3.63) is 57.3 Å². The van der Waals surface area contributed by atoms with E-state index in [2.05, 4.69) is 20.9 Å². The summed E-state index contributed by atoms with van der Waals surface area (Å²) in [5.41, 5.74) is 3.62. The molecule has 0 aliphatic rings. The SMILES string of the molecule is Cc1cccc(COc2c(C)cc(Br)cc2CO)n1. The summed E-state index contributed by atoms with van der Waals surface area (Å²) < 4.78 is 6.75. The number of aromatic nitrogens is 1. The van der Waals surface area contributed by atoms with E-state index in [0.717, 1.165) is 32.7 Å². The van der Waals surface area contributed by atoms with Crippen molar-refractivity contribution in [2.75, 3.05) is 0 Å². The van der Waals surface area contributed by atoms with Gasteiger partial charge < -0.3 is 9.84 Å². The zero-order valence-electron chi connectivity index (χ0n) is 11.0. The standard InChI is InChI=1S/C15H16BrNO2/c1-10-6-13(16)7-12(8-18)15(10)19-9-14-5-3-4-11(2)17-14/h3-7,18H,8-9H2,1-2H3. The van der Waals surface area contributed by atoms with Crippen LogP contribution in [0.3, 0.4) is 0 Å². The highest BCUT2D eigenvalue weighted by Crippen LogP contribution is 2.28. The molecule has 0 amide bonds. The molecule has 0 aliphatic heterocycles. The molecule has 2 rings (SSSR count). The lowest BCUT2D eigenvalue weighted by Crippen LogP contribution is -2.03. The predicted molar refractivity (Wildman–Crippen MR) is 78.1 cm³/mol. The number of hydrogen-bond donors (Lipinski definition) is 1. The van der Waals surface area contributed by atoms with E-state index in [0.29, 0.717) is 6.61 Å². The van der Waals surface area contributed by atoms with Crippen molar-refractivity contribution in [1.29, 1.82) is 0 Å². The van der Waals surface area contributed by atoms with Gasteiger partial charge in [0.25, 0.3) is 0 Å². The van der Waals surface area contributed by atoms with Gasteiger partial charge in [-0.05, 0) is 43.7 Å². The molecule has 0 saturated heterocycles. The molecule has 0 fully saturated rings. The molecule has 1 heterocycles. The molecule has 0 aliphatic carbocycles. The minimum atomic E-state index is -0.0448. The van der Waals surface area contributed by atoms with Crippen LogP contribution in [0.1, 0.15) is 22.5 Å². The fourth-order valence-electron chi connectivity index (χ4n) is 1.95. The molecule has 4 heteroatoms. The molecule has 100 valence electrons. The highest BCUT2D eigenvalue weighted by Gasteiger charge is 2.09. The van der Waals surface area contributed by atoms with Gasteiger partial charge in [-0.2, -0.15) is 0 Å². The molecule has 0 bridgehead atoms. The quantitative estimate of drug-likeness (QED) is 0.936. The summed E-state index contributed by atoms with van der Waals surface area (Å²) in [4.78, 5) is 4.39. The Bertz CT molecular complexity index is 584. The van der Waals surface area contributed by atoms with E-state index in [1.165, 1.54) is 0 Å². The van der Waals surface area contributed by atoms with Crippen LogP contribution in [0.15, 0.2) is 34.8 Å². The van der Waals surface area contributed by atoms with Gasteiger partial charge >= 0.3 is 0 Å². The second-order valence-electron chi connectivity index (χ2n) is 4.43. The first-order valence-electron chi connectivity index (χ1n) is 6.05. The van der Waals surface area contributed by atoms with E-state index >= 15 is 0 Å². The summed E-state index contributed by atoms with van der Waals surface area (Å²) in [5, 5.41) is 9.39. The van der Waals surface area contributed by atoms with Crippen molar-refractivity contribution in [1.82, 2.24) is 4.98 Å². The highest BCUT2D eigenvalue weighted by atomic mass is 79.9. The van der Waals surface area contributed by atoms with Gasteiger partial charge in [0, 0.05) is 15.7 Å². The second-order valence-corrected chi connectivity index (χ2v) is 5.34. The van der Waals surface area contributed by atoms with Crippen LogP contribution in [0, 0.1) is 13.8 Å². The molecular formula is C15H16BrNO2. The van der Waals surface area contributed by atoms with E-state index in [-0.39, 0.29) is 6.61 Å². The lowest BCUT2D eigenvalue weighted by molar-refractivity contribution is 0.256. The Kier molecular flexibility index (Phi) is 4.56. The van der Waals surface area contributed by atoms with Crippen LogP contribution in [0.25, 0.3) is 0 Å². The molecule has 0 atom stereocenters. The van der Waals surface area contributed by atoms with Crippen molar-refractivity contribution in [2.24, 2.45) is 0 Å². The molecule has 0 radical (unpaired) electrons. The Hall–Kier alpha value is -1.39. The third kappa shape index (κ3) is 3.55. The fraction of sp³-hybridized carbons (Fsp3) is 0.267. The second kappa shape index (κ2) is 6.17. The predicted octanol–water partition coefficient (Wildman–Crippen LogP) is 3.53. The topological polar surface area (TPSA) is 42.4 Å². The van der Waals surface area contributed by atoms with Crippen molar-refractivity contribution >= 4 is 15.9 Å². The number of aliphatic hydroxyl groups excluding tert-OH is 1. The number of ether oxygens (including phenoxy) is 1. The Balaban J connectivity index is 2.19. The Labute approximate surface area is 121 Å².